The third-order valence-corrected chi connectivity index (χ3v) is 2.66. The third-order valence-electron chi connectivity index (χ3n) is 2.66. The molecule has 7 nitrogen and oxygen atoms in total. The largest absolute Gasteiger partial charge is 0.409 e. The summed E-state index contributed by atoms with van der Waals surface area (Å²) in [5.41, 5.74) is 6.96. The molecule has 1 aromatic rings. The number of aromatic nitrogens is 1. The molecule has 0 saturated carbocycles. The number of amidine groups is 1. The fraction of sp³-hybridized carbons (Fsp3) is 0.538. The van der Waals surface area contributed by atoms with Crippen molar-refractivity contribution in [2.24, 2.45) is 10.9 Å². The van der Waals surface area contributed by atoms with Crippen LogP contribution in [0.4, 0.5) is 0 Å². The molecule has 0 amide bonds. The Morgan fingerprint density at radius 3 is 3.00 bits per heavy atom. The van der Waals surface area contributed by atoms with Crippen molar-refractivity contribution in [1.82, 2.24) is 15.2 Å². The topological polar surface area (TPSA) is 96.0 Å². The maximum absolute atomic E-state index is 8.70. The number of rotatable bonds is 9. The van der Waals surface area contributed by atoms with E-state index in [1.165, 1.54) is 0 Å². The van der Waals surface area contributed by atoms with Crippen molar-refractivity contribution in [2.75, 3.05) is 40.4 Å². The zero-order valence-electron chi connectivity index (χ0n) is 12.0. The number of oxime groups is 1. The fourth-order valence-corrected chi connectivity index (χ4v) is 1.58. The van der Waals surface area contributed by atoms with Crippen LogP contribution in [-0.2, 0) is 11.3 Å². The van der Waals surface area contributed by atoms with Crippen molar-refractivity contribution in [3.63, 3.8) is 0 Å². The average molecular weight is 281 g/mol. The molecule has 1 aromatic heterocycles. The molecule has 0 saturated heterocycles. The van der Waals surface area contributed by atoms with Crippen molar-refractivity contribution < 1.29 is 9.94 Å². The summed E-state index contributed by atoms with van der Waals surface area (Å²) in [5.74, 6) is 0.0182. The molecule has 0 aliphatic rings. The van der Waals surface area contributed by atoms with Crippen LogP contribution in [-0.4, -0.2) is 61.3 Å². The summed E-state index contributed by atoms with van der Waals surface area (Å²) >= 11 is 0. The second-order valence-electron chi connectivity index (χ2n) is 4.59. The van der Waals surface area contributed by atoms with E-state index in [-0.39, 0.29) is 5.84 Å². The Labute approximate surface area is 119 Å². The van der Waals surface area contributed by atoms with Crippen molar-refractivity contribution in [1.29, 1.82) is 0 Å². The van der Waals surface area contributed by atoms with Crippen molar-refractivity contribution in [3.05, 3.63) is 29.6 Å². The van der Waals surface area contributed by atoms with Gasteiger partial charge in [-0.2, -0.15) is 0 Å². The smallest absolute Gasteiger partial charge is 0.189 e. The number of likely N-dealkylation sites (N-methyl/N-ethyl adjacent to an activating group) is 1. The van der Waals surface area contributed by atoms with Crippen LogP contribution in [0, 0.1) is 0 Å². The van der Waals surface area contributed by atoms with Crippen LogP contribution in [0.2, 0.25) is 0 Å². The van der Waals surface area contributed by atoms with Gasteiger partial charge < -0.3 is 25.9 Å². The number of nitrogens with one attached hydrogen (secondary N) is 1. The highest BCUT2D eigenvalue weighted by Crippen LogP contribution is 2.04. The molecule has 0 bridgehead atoms. The summed E-state index contributed by atoms with van der Waals surface area (Å²) in [6.45, 7) is 3.61. The van der Waals surface area contributed by atoms with Gasteiger partial charge in [0.25, 0.3) is 0 Å². The molecule has 1 rings (SSSR count). The predicted octanol–water partition coefficient (Wildman–Crippen LogP) is -0.156. The van der Waals surface area contributed by atoms with Gasteiger partial charge in [-0.05, 0) is 25.7 Å². The summed E-state index contributed by atoms with van der Waals surface area (Å²) in [7, 11) is 4.03. The highest BCUT2D eigenvalue weighted by molar-refractivity contribution is 5.96. The minimum absolute atomic E-state index is 0.0182. The van der Waals surface area contributed by atoms with Crippen LogP contribution in [0.15, 0.2) is 23.5 Å². The first-order chi connectivity index (χ1) is 9.65. The summed E-state index contributed by atoms with van der Waals surface area (Å²) in [5, 5.41) is 14.9. The molecule has 0 radical (unpaired) electrons. The van der Waals surface area contributed by atoms with E-state index in [2.05, 4.69) is 20.4 Å². The maximum atomic E-state index is 8.70. The Balaban J connectivity index is 2.29. The van der Waals surface area contributed by atoms with E-state index in [4.69, 9.17) is 15.7 Å². The molecule has 0 unspecified atom stereocenters. The van der Waals surface area contributed by atoms with Gasteiger partial charge in [0.05, 0.1) is 13.2 Å². The third kappa shape index (κ3) is 5.96. The Hall–Kier alpha value is -1.70. The van der Waals surface area contributed by atoms with E-state index in [9.17, 15) is 0 Å². The number of hydrogen-bond acceptors (Lipinski definition) is 6. The van der Waals surface area contributed by atoms with Gasteiger partial charge in [-0.3, -0.25) is 4.98 Å². The van der Waals surface area contributed by atoms with E-state index < -0.39 is 0 Å². The summed E-state index contributed by atoms with van der Waals surface area (Å²) in [6.07, 6.45) is 1.61. The number of hydrogen-bond donors (Lipinski definition) is 3. The van der Waals surface area contributed by atoms with E-state index in [1.54, 1.807) is 6.20 Å². The molecule has 20 heavy (non-hydrogen) atoms. The molecule has 0 fully saturated rings. The Morgan fingerprint density at radius 2 is 2.30 bits per heavy atom. The first-order valence-electron chi connectivity index (χ1n) is 6.50. The van der Waals surface area contributed by atoms with Gasteiger partial charge in [0.2, 0.25) is 0 Å². The molecule has 0 atom stereocenters. The lowest BCUT2D eigenvalue weighted by Gasteiger charge is -2.11. The molecule has 4 N–H and O–H groups in total. The highest BCUT2D eigenvalue weighted by Gasteiger charge is 2.07. The lowest BCUT2D eigenvalue weighted by molar-refractivity contribution is 0.119. The molecule has 7 heteroatoms. The predicted molar refractivity (Wildman–Crippen MR) is 77.8 cm³/mol. The zero-order valence-corrected chi connectivity index (χ0v) is 12.0. The first kappa shape index (κ1) is 16.4. The Kier molecular flexibility index (Phi) is 7.56. The van der Waals surface area contributed by atoms with Crippen LogP contribution in [0.5, 0.6) is 0 Å². The minimum atomic E-state index is 0.0182. The summed E-state index contributed by atoms with van der Waals surface area (Å²) < 4.78 is 5.47. The standard InChI is InChI=1S/C13H23N5O2/c1-18(2)7-9-20-8-6-15-10-11-4-3-5-16-12(11)13(14)17-19/h3-5,15,19H,6-10H2,1-2H3,(H2,14,17). The second-order valence-corrected chi connectivity index (χ2v) is 4.59. The van der Waals surface area contributed by atoms with E-state index >= 15 is 0 Å². The van der Waals surface area contributed by atoms with Gasteiger partial charge in [-0.15, -0.1) is 0 Å². The summed E-state index contributed by atoms with van der Waals surface area (Å²) in [6, 6.07) is 3.71. The Morgan fingerprint density at radius 1 is 1.50 bits per heavy atom. The van der Waals surface area contributed by atoms with Crippen molar-refractivity contribution >= 4 is 5.84 Å². The van der Waals surface area contributed by atoms with Gasteiger partial charge in [-0.1, -0.05) is 11.2 Å². The second kappa shape index (κ2) is 9.24. The average Bonchev–Trinajstić information content (AvgIpc) is 2.45. The molecule has 0 aromatic carbocycles. The van der Waals surface area contributed by atoms with Crippen molar-refractivity contribution in [3.8, 4) is 0 Å². The summed E-state index contributed by atoms with van der Waals surface area (Å²) in [4.78, 5) is 6.18. The van der Waals surface area contributed by atoms with Gasteiger partial charge in [0.15, 0.2) is 5.84 Å². The van der Waals surface area contributed by atoms with Crippen LogP contribution < -0.4 is 11.1 Å². The van der Waals surface area contributed by atoms with Gasteiger partial charge in [0, 0.05) is 25.8 Å². The lowest BCUT2D eigenvalue weighted by atomic mass is 10.2. The molecule has 1 heterocycles. The first-order valence-corrected chi connectivity index (χ1v) is 6.50. The van der Waals surface area contributed by atoms with E-state index in [0.717, 1.165) is 25.3 Å². The van der Waals surface area contributed by atoms with Crippen LogP contribution in [0.25, 0.3) is 0 Å². The quantitative estimate of drug-likeness (QED) is 0.191. The van der Waals surface area contributed by atoms with Crippen LogP contribution in [0.1, 0.15) is 11.3 Å². The molecular weight excluding hydrogens is 258 g/mol. The number of pyridine rings is 1. The SMILES string of the molecule is CN(C)CCOCCNCc1cccnc1/C(N)=N/O. The van der Waals surface area contributed by atoms with Crippen LogP contribution >= 0.6 is 0 Å². The minimum Gasteiger partial charge on any atom is -0.409 e. The highest BCUT2D eigenvalue weighted by atomic mass is 16.5. The number of ether oxygens (including phenoxy) is 1. The molecule has 0 aliphatic carbocycles. The van der Waals surface area contributed by atoms with Gasteiger partial charge in [0.1, 0.15) is 5.69 Å². The molecule has 112 valence electrons. The molecule has 0 spiro atoms. The zero-order chi connectivity index (χ0) is 14.8. The van der Waals surface area contributed by atoms with Gasteiger partial charge in [-0.25, -0.2) is 0 Å². The van der Waals surface area contributed by atoms with Crippen LogP contribution in [0.3, 0.4) is 0 Å². The number of nitrogens with zero attached hydrogens (tertiary/aromatic N) is 3. The Bertz CT molecular complexity index is 423. The van der Waals surface area contributed by atoms with E-state index in [0.29, 0.717) is 18.8 Å². The molecule has 0 aliphatic heterocycles. The van der Waals surface area contributed by atoms with Gasteiger partial charge >= 0.3 is 0 Å². The monoisotopic (exact) mass is 281 g/mol. The maximum Gasteiger partial charge on any atom is 0.189 e. The van der Waals surface area contributed by atoms with Crippen molar-refractivity contribution in [2.45, 2.75) is 6.54 Å². The molecular formula is C13H23N5O2. The normalized spacial score (nSPS) is 12.1. The number of nitrogens with two attached hydrogens (primary N) is 1. The fourth-order valence-electron chi connectivity index (χ4n) is 1.58. The lowest BCUT2D eigenvalue weighted by Crippen LogP contribution is -2.25. The van der Waals surface area contributed by atoms with E-state index in [1.807, 2.05) is 26.2 Å².